The Morgan fingerprint density at radius 3 is 3.24 bits per heavy atom. The summed E-state index contributed by atoms with van der Waals surface area (Å²) in [5, 5.41) is 5.59. The summed E-state index contributed by atoms with van der Waals surface area (Å²) in [4.78, 5) is 3.80. The molecule has 1 fully saturated rings. The Kier molecular flexibility index (Phi) is 5.44. The largest absolute Gasteiger partial charge is 0.374 e. The minimum Gasteiger partial charge on any atom is -0.374 e. The van der Waals surface area contributed by atoms with Gasteiger partial charge < -0.3 is 10.1 Å². The number of hydrogen-bond donors (Lipinski definition) is 1. The second kappa shape index (κ2) is 6.85. The van der Waals surface area contributed by atoms with E-state index in [1.807, 2.05) is 0 Å². The maximum atomic E-state index is 5.74. The first-order valence-electron chi connectivity index (χ1n) is 6.05. The van der Waals surface area contributed by atoms with Crippen molar-refractivity contribution in [3.05, 3.63) is 20.8 Å². The molecule has 96 valence electrons. The Labute approximate surface area is 115 Å². The highest BCUT2D eigenvalue weighted by Gasteiger charge is 2.18. The van der Waals surface area contributed by atoms with Crippen LogP contribution in [0.3, 0.4) is 0 Å². The van der Waals surface area contributed by atoms with Crippen molar-refractivity contribution in [2.45, 2.75) is 19.6 Å². The van der Waals surface area contributed by atoms with E-state index in [9.17, 15) is 0 Å². The van der Waals surface area contributed by atoms with E-state index in [4.69, 9.17) is 4.74 Å². The first kappa shape index (κ1) is 13.5. The average Bonchev–Trinajstić information content (AvgIpc) is 2.75. The molecule has 5 heteroatoms. The molecule has 2 rings (SSSR count). The fraction of sp³-hybridized carbons (Fsp3) is 0.667. The van der Waals surface area contributed by atoms with Crippen molar-refractivity contribution >= 4 is 27.3 Å². The fourth-order valence-electron chi connectivity index (χ4n) is 1.99. The summed E-state index contributed by atoms with van der Waals surface area (Å²) < 4.78 is 6.91. The first-order valence-corrected chi connectivity index (χ1v) is 7.72. The van der Waals surface area contributed by atoms with Gasteiger partial charge in [-0.15, -0.1) is 11.3 Å². The number of thiophene rings is 1. The molecule has 1 aliphatic rings. The van der Waals surface area contributed by atoms with Crippen molar-refractivity contribution in [1.29, 1.82) is 0 Å². The molecular weight excluding hydrogens is 300 g/mol. The lowest BCUT2D eigenvalue weighted by atomic mass is 10.2. The van der Waals surface area contributed by atoms with Crippen LogP contribution in [-0.2, 0) is 11.3 Å². The molecule has 2 heterocycles. The topological polar surface area (TPSA) is 24.5 Å². The number of rotatable bonds is 5. The number of likely N-dealkylation sites (N-methyl/N-ethyl adjacent to an activating group) is 1. The highest BCUT2D eigenvalue weighted by atomic mass is 79.9. The van der Waals surface area contributed by atoms with Gasteiger partial charge in [-0.05, 0) is 28.5 Å². The van der Waals surface area contributed by atoms with E-state index in [1.54, 1.807) is 11.3 Å². The number of nitrogens with zero attached hydrogens (tertiary/aromatic N) is 1. The molecule has 1 atom stereocenters. The van der Waals surface area contributed by atoms with Gasteiger partial charge in [0.1, 0.15) is 0 Å². The molecule has 1 aromatic heterocycles. The van der Waals surface area contributed by atoms with E-state index >= 15 is 0 Å². The van der Waals surface area contributed by atoms with Crippen molar-refractivity contribution in [1.82, 2.24) is 10.2 Å². The van der Waals surface area contributed by atoms with Crippen molar-refractivity contribution < 1.29 is 4.74 Å². The molecule has 17 heavy (non-hydrogen) atoms. The van der Waals surface area contributed by atoms with E-state index in [2.05, 4.69) is 44.5 Å². The van der Waals surface area contributed by atoms with Crippen LogP contribution in [0.2, 0.25) is 0 Å². The lowest BCUT2D eigenvalue weighted by Gasteiger charge is -2.32. The quantitative estimate of drug-likeness (QED) is 0.901. The minimum absolute atomic E-state index is 0.340. The molecule has 3 nitrogen and oxygen atoms in total. The van der Waals surface area contributed by atoms with Crippen LogP contribution >= 0.6 is 27.3 Å². The zero-order chi connectivity index (χ0) is 12.1. The van der Waals surface area contributed by atoms with Crippen LogP contribution in [-0.4, -0.2) is 43.8 Å². The Bertz CT molecular complexity index is 345. The number of ether oxygens (including phenoxy) is 1. The number of morpholine rings is 1. The first-order chi connectivity index (χ1) is 8.28. The van der Waals surface area contributed by atoms with Crippen LogP contribution in [0, 0.1) is 0 Å². The second-order valence-electron chi connectivity index (χ2n) is 4.25. The highest BCUT2D eigenvalue weighted by molar-refractivity contribution is 9.10. The molecule has 1 aromatic rings. The zero-order valence-electron chi connectivity index (χ0n) is 10.1. The normalized spacial score (nSPS) is 21.9. The molecule has 1 aliphatic heterocycles. The molecule has 0 spiro atoms. The standard InChI is InChI=1S/C12H19BrN2OS/c1-2-15-3-4-16-11(8-15)6-14-7-12-5-10(13)9-17-12/h5,9,11,14H,2-4,6-8H2,1H3/t11-/m0/s1. The van der Waals surface area contributed by atoms with Gasteiger partial charge in [-0.3, -0.25) is 4.90 Å². The van der Waals surface area contributed by atoms with Crippen molar-refractivity contribution in [3.8, 4) is 0 Å². The Hall–Kier alpha value is 0.0600. The van der Waals surface area contributed by atoms with E-state index in [-0.39, 0.29) is 0 Å². The molecule has 0 aromatic carbocycles. The van der Waals surface area contributed by atoms with Crippen LogP contribution in [0.15, 0.2) is 15.9 Å². The van der Waals surface area contributed by atoms with Gasteiger partial charge in [0, 0.05) is 40.9 Å². The van der Waals surface area contributed by atoms with Crippen molar-refractivity contribution in [3.63, 3.8) is 0 Å². The van der Waals surface area contributed by atoms with Crippen LogP contribution in [0.5, 0.6) is 0 Å². The third-order valence-electron chi connectivity index (χ3n) is 2.96. The molecule has 0 bridgehead atoms. The number of halogens is 1. The van der Waals surface area contributed by atoms with Crippen LogP contribution < -0.4 is 5.32 Å². The van der Waals surface area contributed by atoms with Crippen molar-refractivity contribution in [2.24, 2.45) is 0 Å². The Morgan fingerprint density at radius 2 is 2.53 bits per heavy atom. The SMILES string of the molecule is CCN1CCO[C@@H](CNCc2cc(Br)cs2)C1. The highest BCUT2D eigenvalue weighted by Crippen LogP contribution is 2.19. The lowest BCUT2D eigenvalue weighted by molar-refractivity contribution is -0.0253. The summed E-state index contributed by atoms with van der Waals surface area (Å²) in [6.07, 6.45) is 0.340. The Morgan fingerprint density at radius 1 is 1.65 bits per heavy atom. The van der Waals surface area contributed by atoms with Crippen LogP contribution in [0.1, 0.15) is 11.8 Å². The molecular formula is C12H19BrN2OS. The van der Waals surface area contributed by atoms with Gasteiger partial charge in [0.25, 0.3) is 0 Å². The molecule has 0 aliphatic carbocycles. The predicted molar refractivity (Wildman–Crippen MR) is 75.6 cm³/mol. The van der Waals surface area contributed by atoms with Gasteiger partial charge >= 0.3 is 0 Å². The maximum absolute atomic E-state index is 5.74. The van der Waals surface area contributed by atoms with E-state index in [0.29, 0.717) is 6.10 Å². The predicted octanol–water partition coefficient (Wildman–Crippen LogP) is 2.32. The third-order valence-corrected chi connectivity index (χ3v) is 4.66. The van der Waals surface area contributed by atoms with E-state index < -0.39 is 0 Å². The molecule has 0 amide bonds. The summed E-state index contributed by atoms with van der Waals surface area (Å²) in [6, 6.07) is 2.16. The van der Waals surface area contributed by atoms with Gasteiger partial charge in [-0.1, -0.05) is 6.92 Å². The average molecular weight is 319 g/mol. The minimum atomic E-state index is 0.340. The summed E-state index contributed by atoms with van der Waals surface area (Å²) in [5.41, 5.74) is 0. The summed E-state index contributed by atoms with van der Waals surface area (Å²) in [6.45, 7) is 8.19. The van der Waals surface area contributed by atoms with Crippen LogP contribution in [0.4, 0.5) is 0 Å². The maximum Gasteiger partial charge on any atom is 0.0826 e. The molecule has 1 N–H and O–H groups in total. The van der Waals surface area contributed by atoms with Gasteiger partial charge in [0.2, 0.25) is 0 Å². The molecule has 0 unspecified atom stereocenters. The van der Waals surface area contributed by atoms with E-state index in [0.717, 1.165) is 39.3 Å². The summed E-state index contributed by atoms with van der Waals surface area (Å²) >= 11 is 5.25. The van der Waals surface area contributed by atoms with E-state index in [1.165, 1.54) is 9.35 Å². The van der Waals surface area contributed by atoms with Crippen molar-refractivity contribution in [2.75, 3.05) is 32.8 Å². The third kappa shape index (κ3) is 4.34. The van der Waals surface area contributed by atoms with Gasteiger partial charge in [-0.25, -0.2) is 0 Å². The number of hydrogen-bond acceptors (Lipinski definition) is 4. The second-order valence-corrected chi connectivity index (χ2v) is 6.16. The van der Waals surface area contributed by atoms with Crippen LogP contribution in [0.25, 0.3) is 0 Å². The fourth-order valence-corrected chi connectivity index (χ4v) is 3.41. The number of nitrogens with one attached hydrogen (secondary N) is 1. The zero-order valence-corrected chi connectivity index (χ0v) is 12.5. The molecule has 1 saturated heterocycles. The molecule has 0 radical (unpaired) electrons. The molecule has 0 saturated carbocycles. The van der Waals surface area contributed by atoms with Gasteiger partial charge in [-0.2, -0.15) is 0 Å². The summed E-state index contributed by atoms with van der Waals surface area (Å²) in [7, 11) is 0. The monoisotopic (exact) mass is 318 g/mol. The lowest BCUT2D eigenvalue weighted by Crippen LogP contribution is -2.46. The van der Waals surface area contributed by atoms with Gasteiger partial charge in [0.05, 0.1) is 12.7 Å². The summed E-state index contributed by atoms with van der Waals surface area (Å²) in [5.74, 6) is 0. The smallest absolute Gasteiger partial charge is 0.0826 e. The Balaban J connectivity index is 1.68. The van der Waals surface area contributed by atoms with Gasteiger partial charge in [0.15, 0.2) is 0 Å².